The molecule has 1 N–H and O–H groups in total. The number of carbonyl (C=O) groups is 2. The molecule has 61 heavy (non-hydrogen) atoms. The Balaban J connectivity index is 4.73. The first-order valence-electron chi connectivity index (χ1n) is 27.6. The molecule has 0 fully saturated rings. The van der Waals surface area contributed by atoms with E-state index in [0.29, 0.717) is 13.2 Å². The number of nitrogens with zero attached hydrogens (tertiary/aromatic N) is 1. The van der Waals surface area contributed by atoms with Gasteiger partial charge in [-0.2, -0.15) is 0 Å². The fourth-order valence-corrected chi connectivity index (χ4v) is 9.24. The Kier molecular flexibility index (Phi) is 44.6. The van der Waals surface area contributed by atoms with Gasteiger partial charge in [0.1, 0.15) is 0 Å². The second-order valence-electron chi connectivity index (χ2n) is 19.4. The molecule has 0 bridgehead atoms. The standard InChI is InChI=1S/C55H109NO5/c1-7-13-17-19-21-23-25-31-41-51(39-15-9-3)53(57)60-49-37-29-27-33-43-55(59,45-35-36-48-56(46-11-5)47-12-6)44-34-28-30-38-50-61-54(58)52(40-16-10-4)42-32-26-24-22-20-18-14-8-2/h51-52,59H,7-50H2,1-6H3. The fraction of sp³-hybridized carbons (Fsp3) is 0.964. The Morgan fingerprint density at radius 1 is 0.377 bits per heavy atom. The highest BCUT2D eigenvalue weighted by Crippen LogP contribution is 2.29. The van der Waals surface area contributed by atoms with Crippen molar-refractivity contribution in [3.63, 3.8) is 0 Å². The highest BCUT2D eigenvalue weighted by molar-refractivity contribution is 5.72. The van der Waals surface area contributed by atoms with Crippen LogP contribution in [0, 0.1) is 11.8 Å². The summed E-state index contributed by atoms with van der Waals surface area (Å²) in [4.78, 5) is 28.6. The number of hydrogen-bond donors (Lipinski definition) is 1. The first kappa shape index (κ1) is 59.9. The Morgan fingerprint density at radius 3 is 1.07 bits per heavy atom. The molecule has 0 rings (SSSR count). The predicted molar refractivity (Wildman–Crippen MR) is 264 cm³/mol. The van der Waals surface area contributed by atoms with Gasteiger partial charge in [-0.25, -0.2) is 0 Å². The maximum absolute atomic E-state index is 13.0. The third-order valence-corrected chi connectivity index (χ3v) is 13.3. The molecule has 0 spiro atoms. The molecule has 0 aromatic carbocycles. The zero-order chi connectivity index (χ0) is 44.9. The smallest absolute Gasteiger partial charge is 0.308 e. The van der Waals surface area contributed by atoms with Gasteiger partial charge < -0.3 is 19.5 Å². The van der Waals surface area contributed by atoms with E-state index in [1.54, 1.807) is 0 Å². The molecule has 0 aliphatic rings. The van der Waals surface area contributed by atoms with Crippen LogP contribution >= 0.6 is 0 Å². The third kappa shape index (κ3) is 37.9. The number of esters is 2. The molecule has 6 nitrogen and oxygen atoms in total. The monoisotopic (exact) mass is 864 g/mol. The van der Waals surface area contributed by atoms with Crippen LogP contribution in [0.5, 0.6) is 0 Å². The molecule has 0 radical (unpaired) electrons. The van der Waals surface area contributed by atoms with Gasteiger partial charge in [0.2, 0.25) is 0 Å². The van der Waals surface area contributed by atoms with Crippen molar-refractivity contribution in [1.82, 2.24) is 4.90 Å². The van der Waals surface area contributed by atoms with Gasteiger partial charge >= 0.3 is 11.9 Å². The first-order valence-corrected chi connectivity index (χ1v) is 27.6. The van der Waals surface area contributed by atoms with Crippen molar-refractivity contribution < 1.29 is 24.2 Å². The van der Waals surface area contributed by atoms with Crippen LogP contribution in [0.25, 0.3) is 0 Å². The van der Waals surface area contributed by atoms with Crippen molar-refractivity contribution in [2.24, 2.45) is 11.8 Å². The summed E-state index contributed by atoms with van der Waals surface area (Å²) in [5.74, 6) is 0.202. The Morgan fingerprint density at radius 2 is 0.689 bits per heavy atom. The molecule has 0 amide bonds. The van der Waals surface area contributed by atoms with Crippen LogP contribution in [-0.4, -0.2) is 60.4 Å². The molecule has 0 aliphatic heterocycles. The third-order valence-electron chi connectivity index (χ3n) is 13.3. The Bertz CT molecular complexity index is 862. The Labute approximate surface area is 382 Å². The molecule has 0 aliphatic carbocycles. The average Bonchev–Trinajstić information content (AvgIpc) is 3.25. The van der Waals surface area contributed by atoms with Crippen molar-refractivity contribution in [1.29, 1.82) is 0 Å². The van der Waals surface area contributed by atoms with Crippen molar-refractivity contribution in [2.45, 2.75) is 298 Å². The topological polar surface area (TPSA) is 76.1 Å². The summed E-state index contributed by atoms with van der Waals surface area (Å²) in [6, 6.07) is 0. The van der Waals surface area contributed by atoms with E-state index in [1.165, 1.54) is 116 Å². The fourth-order valence-electron chi connectivity index (χ4n) is 9.24. The minimum atomic E-state index is -0.608. The van der Waals surface area contributed by atoms with E-state index in [4.69, 9.17) is 9.47 Å². The molecule has 2 unspecified atom stereocenters. The summed E-state index contributed by atoms with van der Waals surface area (Å²) in [7, 11) is 0. The normalized spacial score (nSPS) is 13.7. The van der Waals surface area contributed by atoms with E-state index in [1.807, 2.05) is 0 Å². The van der Waals surface area contributed by atoms with Crippen LogP contribution < -0.4 is 0 Å². The van der Waals surface area contributed by atoms with Crippen LogP contribution in [0.2, 0.25) is 0 Å². The summed E-state index contributed by atoms with van der Waals surface area (Å²) < 4.78 is 11.7. The molecule has 2 atom stereocenters. The van der Waals surface area contributed by atoms with E-state index in [0.717, 1.165) is 154 Å². The van der Waals surface area contributed by atoms with Gasteiger partial charge in [-0.15, -0.1) is 0 Å². The van der Waals surface area contributed by atoms with Gasteiger partial charge in [-0.05, 0) is 103 Å². The molecule has 0 aromatic rings. The van der Waals surface area contributed by atoms with Gasteiger partial charge in [-0.3, -0.25) is 9.59 Å². The lowest BCUT2D eigenvalue weighted by molar-refractivity contribution is -0.150. The van der Waals surface area contributed by atoms with E-state index in [-0.39, 0.29) is 23.8 Å². The summed E-state index contributed by atoms with van der Waals surface area (Å²) in [5.41, 5.74) is -0.608. The molecular formula is C55H109NO5. The summed E-state index contributed by atoms with van der Waals surface area (Å²) >= 11 is 0. The largest absolute Gasteiger partial charge is 0.465 e. The summed E-state index contributed by atoms with van der Waals surface area (Å²) in [5, 5.41) is 12.0. The maximum atomic E-state index is 13.0. The van der Waals surface area contributed by atoms with E-state index in [2.05, 4.69) is 46.4 Å². The first-order chi connectivity index (χ1) is 29.8. The van der Waals surface area contributed by atoms with Crippen molar-refractivity contribution >= 4 is 11.9 Å². The zero-order valence-electron chi connectivity index (χ0n) is 42.3. The predicted octanol–water partition coefficient (Wildman–Crippen LogP) is 16.7. The average molecular weight is 864 g/mol. The lowest BCUT2D eigenvalue weighted by Gasteiger charge is -2.29. The molecule has 0 heterocycles. The van der Waals surface area contributed by atoms with Crippen LogP contribution in [0.4, 0.5) is 0 Å². The molecule has 0 aromatic heterocycles. The van der Waals surface area contributed by atoms with Gasteiger partial charge in [0, 0.05) is 0 Å². The van der Waals surface area contributed by atoms with Crippen molar-refractivity contribution in [3.05, 3.63) is 0 Å². The minimum Gasteiger partial charge on any atom is -0.465 e. The van der Waals surface area contributed by atoms with Crippen LogP contribution in [0.1, 0.15) is 292 Å². The summed E-state index contributed by atoms with van der Waals surface area (Å²) in [6.07, 6.45) is 44.4. The highest BCUT2D eigenvalue weighted by atomic mass is 16.5. The van der Waals surface area contributed by atoms with Gasteiger partial charge in [0.05, 0.1) is 30.7 Å². The SMILES string of the molecule is CCCCCCCCCCC(CCCC)C(=O)OCCCCCCC(O)(CCCCCCOC(=O)C(CCCC)CCCCCCCCCC)CCCCN(CCC)CCC. The van der Waals surface area contributed by atoms with E-state index < -0.39 is 5.60 Å². The van der Waals surface area contributed by atoms with E-state index >= 15 is 0 Å². The lowest BCUT2D eigenvalue weighted by atomic mass is 9.85. The summed E-state index contributed by atoms with van der Waals surface area (Å²) in [6.45, 7) is 18.0. The van der Waals surface area contributed by atoms with Crippen LogP contribution in [0.15, 0.2) is 0 Å². The quantitative estimate of drug-likeness (QED) is 0.0485. The number of unbranched alkanes of at least 4 members (excludes halogenated alkanes) is 23. The molecule has 6 heteroatoms. The van der Waals surface area contributed by atoms with Crippen molar-refractivity contribution in [2.75, 3.05) is 32.8 Å². The number of hydrogen-bond acceptors (Lipinski definition) is 6. The maximum Gasteiger partial charge on any atom is 0.308 e. The highest BCUT2D eigenvalue weighted by Gasteiger charge is 2.26. The molecular weight excluding hydrogens is 755 g/mol. The number of aliphatic hydroxyl groups is 1. The Hall–Kier alpha value is -1.14. The van der Waals surface area contributed by atoms with E-state index in [9.17, 15) is 14.7 Å². The number of rotatable bonds is 49. The number of carbonyl (C=O) groups excluding carboxylic acids is 2. The second-order valence-corrected chi connectivity index (χ2v) is 19.4. The van der Waals surface area contributed by atoms with Crippen LogP contribution in [-0.2, 0) is 19.1 Å². The molecule has 364 valence electrons. The van der Waals surface area contributed by atoms with Gasteiger partial charge in [0.25, 0.3) is 0 Å². The molecule has 0 saturated carbocycles. The van der Waals surface area contributed by atoms with Crippen LogP contribution in [0.3, 0.4) is 0 Å². The lowest BCUT2D eigenvalue weighted by Crippen LogP contribution is -2.30. The zero-order valence-corrected chi connectivity index (χ0v) is 42.3. The second kappa shape index (κ2) is 45.4. The number of ether oxygens (including phenoxy) is 2. The minimum absolute atomic E-state index is 0.0330. The van der Waals surface area contributed by atoms with Gasteiger partial charge in [-0.1, -0.05) is 208 Å². The van der Waals surface area contributed by atoms with Crippen molar-refractivity contribution in [3.8, 4) is 0 Å². The molecule has 0 saturated heterocycles. The van der Waals surface area contributed by atoms with Gasteiger partial charge in [0.15, 0.2) is 0 Å².